The van der Waals surface area contributed by atoms with E-state index in [1.54, 1.807) is 0 Å². The average molecular weight is 573 g/mol. The Hall–Kier alpha value is -2.31. The molecule has 6 rings (SSSR count). The predicted octanol–water partition coefficient (Wildman–Crippen LogP) is 9.87. The van der Waals surface area contributed by atoms with Gasteiger partial charge in [-0.25, -0.2) is 0 Å². The van der Waals surface area contributed by atoms with Crippen LogP contribution >= 0.6 is 19.4 Å². The van der Waals surface area contributed by atoms with Crippen LogP contribution in [0.2, 0.25) is 0 Å². The van der Waals surface area contributed by atoms with Gasteiger partial charge in [0.25, 0.3) is 0 Å². The van der Waals surface area contributed by atoms with Gasteiger partial charge in [0.05, 0.1) is 0 Å². The van der Waals surface area contributed by atoms with Gasteiger partial charge in [0.1, 0.15) is 0 Å². The monoisotopic (exact) mass is 572 g/mol. The summed E-state index contributed by atoms with van der Waals surface area (Å²) < 4.78 is 0. The van der Waals surface area contributed by atoms with Gasteiger partial charge < -0.3 is 14.9 Å². The van der Waals surface area contributed by atoms with Gasteiger partial charge in [-0.1, -0.05) is 84.3 Å². The molecule has 0 bridgehead atoms. The molecule has 0 radical (unpaired) electrons. The molecule has 0 amide bonds. The van der Waals surface area contributed by atoms with Crippen LogP contribution in [0.25, 0.3) is 33.0 Å². The Morgan fingerprint density at radius 3 is 2.18 bits per heavy atom. The molecule has 0 nitrogen and oxygen atoms in total. The van der Waals surface area contributed by atoms with Crippen molar-refractivity contribution in [2.75, 3.05) is 0 Å². The molecule has 0 saturated heterocycles. The molecule has 34 heavy (non-hydrogen) atoms. The van der Waals surface area contributed by atoms with Crippen molar-refractivity contribution < 1.29 is 15.1 Å². The first kappa shape index (κ1) is 27.9. The fraction of sp³-hybridized carbons (Fsp3) is 0.0645. The Kier molecular flexibility index (Phi) is 11.1. The van der Waals surface area contributed by atoms with E-state index in [9.17, 15) is 0 Å². The van der Waals surface area contributed by atoms with Gasteiger partial charge >= 0.3 is 34.5 Å². The van der Waals surface area contributed by atoms with Gasteiger partial charge in [0.15, 0.2) is 0 Å². The minimum atomic E-state index is -0.346. The summed E-state index contributed by atoms with van der Waals surface area (Å²) in [6.45, 7) is 2.15. The van der Waals surface area contributed by atoms with E-state index in [4.69, 9.17) is 19.4 Å². The van der Waals surface area contributed by atoms with Crippen LogP contribution in [-0.2, 0) is 21.6 Å². The SMILES string of the molecule is Cc1cc2c(-c3ccccc3)cccc2[cH-]1.[CH3-].[CH3-].[Cl][Ru][Cl].[c-]1cccc2c1Cc1ccccc1-2. The first-order valence-electron chi connectivity index (χ1n) is 10.4. The first-order chi connectivity index (χ1) is 15.7. The van der Waals surface area contributed by atoms with E-state index in [-0.39, 0.29) is 30.0 Å². The summed E-state index contributed by atoms with van der Waals surface area (Å²) in [6, 6.07) is 39.7. The van der Waals surface area contributed by atoms with Crippen LogP contribution < -0.4 is 0 Å². The molecular formula is C31H28Cl2Ru-4. The van der Waals surface area contributed by atoms with Gasteiger partial charge in [0, 0.05) is 0 Å². The van der Waals surface area contributed by atoms with Crippen LogP contribution in [0.1, 0.15) is 16.7 Å². The minimum Gasteiger partial charge on any atom is -0.179 e. The fourth-order valence-corrected chi connectivity index (χ4v) is 4.25. The van der Waals surface area contributed by atoms with Crippen molar-refractivity contribution in [3.63, 3.8) is 0 Å². The molecule has 0 heterocycles. The number of rotatable bonds is 1. The van der Waals surface area contributed by atoms with Crippen LogP contribution in [0.15, 0.2) is 103 Å². The van der Waals surface area contributed by atoms with Crippen LogP contribution in [0.3, 0.4) is 0 Å². The van der Waals surface area contributed by atoms with Crippen LogP contribution in [0, 0.1) is 27.8 Å². The van der Waals surface area contributed by atoms with E-state index in [1.807, 2.05) is 6.07 Å². The third kappa shape index (κ3) is 6.42. The molecule has 178 valence electrons. The second kappa shape index (κ2) is 13.5. The molecule has 0 aliphatic heterocycles. The van der Waals surface area contributed by atoms with Gasteiger partial charge in [-0.2, -0.15) is 35.9 Å². The van der Waals surface area contributed by atoms with Crippen molar-refractivity contribution in [2.24, 2.45) is 0 Å². The second-order valence-electron chi connectivity index (χ2n) is 7.65. The predicted molar refractivity (Wildman–Crippen MR) is 148 cm³/mol. The van der Waals surface area contributed by atoms with Crippen LogP contribution in [0.4, 0.5) is 0 Å². The Balaban J connectivity index is 0.000000208. The minimum absolute atomic E-state index is 0. The number of benzene rings is 4. The van der Waals surface area contributed by atoms with Gasteiger partial charge in [-0.05, 0) is 12.0 Å². The van der Waals surface area contributed by atoms with E-state index >= 15 is 0 Å². The molecule has 0 atom stereocenters. The first-order valence-corrected chi connectivity index (χ1v) is 14.8. The number of halogens is 2. The molecule has 0 unspecified atom stereocenters. The van der Waals surface area contributed by atoms with Crippen molar-refractivity contribution >= 4 is 30.2 Å². The second-order valence-corrected chi connectivity index (χ2v) is 10.3. The zero-order valence-electron chi connectivity index (χ0n) is 19.6. The van der Waals surface area contributed by atoms with E-state index in [1.165, 1.54) is 49.7 Å². The summed E-state index contributed by atoms with van der Waals surface area (Å²) in [5, 5.41) is 2.69. The van der Waals surface area contributed by atoms with Crippen LogP contribution in [0.5, 0.6) is 0 Å². The van der Waals surface area contributed by atoms with E-state index in [0.717, 1.165) is 6.42 Å². The third-order valence-electron chi connectivity index (χ3n) is 5.60. The van der Waals surface area contributed by atoms with E-state index < -0.39 is 0 Å². The maximum Gasteiger partial charge on any atom is -0.0253 e. The molecule has 0 aromatic heterocycles. The topological polar surface area (TPSA) is 0 Å². The maximum absolute atomic E-state index is 4.85. The van der Waals surface area contributed by atoms with Crippen molar-refractivity contribution in [3.8, 4) is 22.3 Å². The Bertz CT molecular complexity index is 1260. The van der Waals surface area contributed by atoms with Crippen molar-refractivity contribution in [2.45, 2.75) is 13.3 Å². The van der Waals surface area contributed by atoms with E-state index in [0.29, 0.717) is 0 Å². The molecule has 1 aliphatic rings. The Labute approximate surface area is 220 Å². The summed E-state index contributed by atoms with van der Waals surface area (Å²) in [7, 11) is 9.71. The number of hydrogen-bond donors (Lipinski definition) is 0. The Morgan fingerprint density at radius 1 is 0.765 bits per heavy atom. The maximum atomic E-state index is 4.85. The van der Waals surface area contributed by atoms with Crippen molar-refractivity contribution in [1.29, 1.82) is 0 Å². The van der Waals surface area contributed by atoms with Crippen molar-refractivity contribution in [3.05, 3.63) is 141 Å². The molecule has 0 N–H and O–H groups in total. The van der Waals surface area contributed by atoms with E-state index in [2.05, 4.69) is 110 Å². The summed E-state index contributed by atoms with van der Waals surface area (Å²) >= 11 is -0.346. The summed E-state index contributed by atoms with van der Waals surface area (Å²) in [4.78, 5) is 0. The molecular weight excluding hydrogens is 544 g/mol. The molecule has 0 fully saturated rings. The van der Waals surface area contributed by atoms with Crippen LogP contribution in [-0.4, -0.2) is 0 Å². The fourth-order valence-electron chi connectivity index (χ4n) is 4.25. The van der Waals surface area contributed by atoms with Gasteiger partial charge in [0.2, 0.25) is 0 Å². The number of fused-ring (bicyclic) bond motifs is 4. The summed E-state index contributed by atoms with van der Waals surface area (Å²) in [5.41, 5.74) is 9.46. The number of aryl methyl sites for hydroxylation is 1. The normalized spacial score (nSPS) is 10.4. The summed E-state index contributed by atoms with van der Waals surface area (Å²) in [5.74, 6) is 0. The standard InChI is InChI=1S/C16H13.C13H9.2CH3.2ClH.Ru/c1-12-10-14-8-5-9-15(16(14)11-12)13-6-3-2-4-7-13;1-3-7-12-10(5-1)9-11-6-2-4-8-13(11)12;;;;;/h2-11H,1H3;1-5,7-8H,9H2;2*1H3;2*1H;/q4*-1;;;+2/p-2. The zero-order chi connectivity index (χ0) is 22.3. The molecule has 1 aliphatic carbocycles. The Morgan fingerprint density at radius 2 is 1.41 bits per heavy atom. The van der Waals surface area contributed by atoms with Crippen molar-refractivity contribution in [1.82, 2.24) is 0 Å². The third-order valence-corrected chi connectivity index (χ3v) is 5.60. The zero-order valence-corrected chi connectivity index (χ0v) is 22.9. The largest absolute Gasteiger partial charge is 0.179 e. The van der Waals surface area contributed by atoms with Gasteiger partial charge in [-0.15, -0.1) is 40.1 Å². The quantitative estimate of drug-likeness (QED) is 0.136. The molecule has 5 aromatic carbocycles. The van der Waals surface area contributed by atoms with Gasteiger partial charge in [-0.3, -0.25) is 0 Å². The smallest absolute Gasteiger partial charge is 0.0253 e. The molecule has 3 heteroatoms. The molecule has 0 saturated carbocycles. The molecule has 5 aromatic rings. The molecule has 0 spiro atoms. The summed E-state index contributed by atoms with van der Waals surface area (Å²) in [6.07, 6.45) is 1.05. The number of hydrogen-bond acceptors (Lipinski definition) is 0. The average Bonchev–Trinajstić information content (AvgIpc) is 3.40.